The standard InChI is InChI=1S/C17H15N3O2/c1-12-19-16-9-4-3-8-15(16)17(21)20(12)18-11-13-6-5-7-14(10-13)22-2/h3-11H,1-2H3/b18-11-. The van der Waals surface area contributed by atoms with Gasteiger partial charge in [-0.05, 0) is 36.8 Å². The van der Waals surface area contributed by atoms with Gasteiger partial charge in [0.1, 0.15) is 11.6 Å². The molecular weight excluding hydrogens is 278 g/mol. The van der Waals surface area contributed by atoms with Gasteiger partial charge in [-0.1, -0.05) is 24.3 Å². The molecule has 1 aromatic heterocycles. The molecule has 110 valence electrons. The number of benzene rings is 2. The Morgan fingerprint density at radius 1 is 1.18 bits per heavy atom. The number of para-hydroxylation sites is 1. The average Bonchev–Trinajstić information content (AvgIpc) is 2.55. The van der Waals surface area contributed by atoms with E-state index in [-0.39, 0.29) is 5.56 Å². The number of hydrogen-bond donors (Lipinski definition) is 0. The molecule has 3 rings (SSSR count). The van der Waals surface area contributed by atoms with Crippen molar-refractivity contribution in [2.75, 3.05) is 7.11 Å². The third-order valence-electron chi connectivity index (χ3n) is 3.33. The van der Waals surface area contributed by atoms with Crippen LogP contribution in [0, 0.1) is 6.92 Å². The first kappa shape index (κ1) is 14.0. The molecule has 0 saturated heterocycles. The van der Waals surface area contributed by atoms with Crippen molar-refractivity contribution < 1.29 is 4.74 Å². The molecule has 5 heteroatoms. The van der Waals surface area contributed by atoms with E-state index in [1.54, 1.807) is 26.3 Å². The molecule has 3 aromatic rings. The maximum absolute atomic E-state index is 12.5. The Kier molecular flexibility index (Phi) is 3.70. The largest absolute Gasteiger partial charge is 0.497 e. The smallest absolute Gasteiger partial charge is 0.282 e. The Morgan fingerprint density at radius 3 is 2.82 bits per heavy atom. The van der Waals surface area contributed by atoms with E-state index in [0.29, 0.717) is 16.7 Å². The first-order valence-electron chi connectivity index (χ1n) is 6.86. The molecule has 2 aromatic carbocycles. The van der Waals surface area contributed by atoms with Gasteiger partial charge < -0.3 is 4.74 Å². The molecular formula is C17H15N3O2. The van der Waals surface area contributed by atoms with Crippen molar-refractivity contribution in [1.82, 2.24) is 9.66 Å². The minimum atomic E-state index is -0.178. The lowest BCUT2D eigenvalue weighted by Crippen LogP contribution is -2.20. The Morgan fingerprint density at radius 2 is 2.00 bits per heavy atom. The summed E-state index contributed by atoms with van der Waals surface area (Å²) in [4.78, 5) is 16.9. The lowest BCUT2D eigenvalue weighted by molar-refractivity contribution is 0.414. The van der Waals surface area contributed by atoms with E-state index in [2.05, 4.69) is 10.1 Å². The summed E-state index contributed by atoms with van der Waals surface area (Å²) in [5.41, 5.74) is 1.35. The summed E-state index contributed by atoms with van der Waals surface area (Å²) in [5, 5.41) is 4.81. The molecule has 0 N–H and O–H groups in total. The molecule has 22 heavy (non-hydrogen) atoms. The van der Waals surface area contributed by atoms with E-state index in [4.69, 9.17) is 4.74 Å². The molecule has 5 nitrogen and oxygen atoms in total. The van der Waals surface area contributed by atoms with Gasteiger partial charge >= 0.3 is 0 Å². The number of nitrogens with zero attached hydrogens (tertiary/aromatic N) is 3. The second-order valence-electron chi connectivity index (χ2n) is 4.81. The number of ether oxygens (including phenoxy) is 1. The number of hydrogen-bond acceptors (Lipinski definition) is 4. The average molecular weight is 293 g/mol. The van der Waals surface area contributed by atoms with E-state index in [9.17, 15) is 4.79 Å². The van der Waals surface area contributed by atoms with Gasteiger partial charge in [0, 0.05) is 0 Å². The van der Waals surface area contributed by atoms with Crippen molar-refractivity contribution in [2.45, 2.75) is 6.92 Å². The van der Waals surface area contributed by atoms with Crippen LogP contribution in [0.3, 0.4) is 0 Å². The molecule has 0 aliphatic heterocycles. The Bertz CT molecular complexity index is 913. The van der Waals surface area contributed by atoms with Crippen LogP contribution in [0.5, 0.6) is 5.75 Å². The number of aryl methyl sites for hydroxylation is 1. The zero-order valence-electron chi connectivity index (χ0n) is 12.4. The molecule has 0 radical (unpaired) electrons. The fourth-order valence-corrected chi connectivity index (χ4v) is 2.22. The Labute approximate surface area is 127 Å². The van der Waals surface area contributed by atoms with E-state index in [1.165, 1.54) is 4.68 Å². The van der Waals surface area contributed by atoms with Crippen LogP contribution in [0.2, 0.25) is 0 Å². The van der Waals surface area contributed by atoms with E-state index < -0.39 is 0 Å². The van der Waals surface area contributed by atoms with Crippen LogP contribution in [0.25, 0.3) is 10.9 Å². The van der Waals surface area contributed by atoms with Gasteiger partial charge in [0.25, 0.3) is 5.56 Å². The quantitative estimate of drug-likeness (QED) is 0.697. The fraction of sp³-hybridized carbons (Fsp3) is 0.118. The van der Waals surface area contributed by atoms with Crippen molar-refractivity contribution >= 4 is 17.1 Å². The maximum atomic E-state index is 12.5. The maximum Gasteiger partial charge on any atom is 0.282 e. The number of fused-ring (bicyclic) bond motifs is 1. The predicted molar refractivity (Wildman–Crippen MR) is 86.7 cm³/mol. The van der Waals surface area contributed by atoms with E-state index in [1.807, 2.05) is 42.5 Å². The second kappa shape index (κ2) is 5.81. The number of methoxy groups -OCH3 is 1. The number of aromatic nitrogens is 2. The molecule has 0 unspecified atom stereocenters. The van der Waals surface area contributed by atoms with Crippen molar-refractivity contribution in [3.8, 4) is 5.75 Å². The fourth-order valence-electron chi connectivity index (χ4n) is 2.22. The predicted octanol–water partition coefficient (Wildman–Crippen LogP) is 2.60. The Hall–Kier alpha value is -2.95. The van der Waals surface area contributed by atoms with Crippen LogP contribution in [-0.4, -0.2) is 23.0 Å². The normalized spacial score (nSPS) is 11.2. The summed E-state index contributed by atoms with van der Waals surface area (Å²) in [6.45, 7) is 1.76. The van der Waals surface area contributed by atoms with Crippen LogP contribution >= 0.6 is 0 Å². The zero-order chi connectivity index (χ0) is 15.5. The third-order valence-corrected chi connectivity index (χ3v) is 3.33. The van der Waals surface area contributed by atoms with Gasteiger partial charge in [-0.25, -0.2) is 4.98 Å². The monoisotopic (exact) mass is 293 g/mol. The number of rotatable bonds is 3. The zero-order valence-corrected chi connectivity index (χ0v) is 12.4. The summed E-state index contributed by atoms with van der Waals surface area (Å²) >= 11 is 0. The SMILES string of the molecule is COc1cccc(/C=N\n2c(C)nc3ccccc3c2=O)c1. The van der Waals surface area contributed by atoms with Crippen LogP contribution in [0.4, 0.5) is 0 Å². The molecule has 0 fully saturated rings. The highest BCUT2D eigenvalue weighted by Crippen LogP contribution is 2.11. The lowest BCUT2D eigenvalue weighted by atomic mass is 10.2. The van der Waals surface area contributed by atoms with E-state index >= 15 is 0 Å². The van der Waals surface area contributed by atoms with Gasteiger partial charge in [-0.3, -0.25) is 4.79 Å². The van der Waals surface area contributed by atoms with Crippen molar-refractivity contribution in [3.63, 3.8) is 0 Å². The summed E-state index contributed by atoms with van der Waals surface area (Å²) in [5.74, 6) is 1.28. The molecule has 0 aliphatic rings. The molecule has 0 spiro atoms. The first-order chi connectivity index (χ1) is 10.7. The van der Waals surface area contributed by atoms with Crippen molar-refractivity contribution in [3.05, 3.63) is 70.3 Å². The van der Waals surface area contributed by atoms with Crippen LogP contribution in [-0.2, 0) is 0 Å². The third kappa shape index (κ3) is 2.61. The van der Waals surface area contributed by atoms with Gasteiger partial charge in [-0.2, -0.15) is 9.78 Å². The van der Waals surface area contributed by atoms with Crippen LogP contribution in [0.1, 0.15) is 11.4 Å². The highest BCUT2D eigenvalue weighted by molar-refractivity contribution is 5.81. The molecule has 0 aliphatic carbocycles. The first-order valence-corrected chi connectivity index (χ1v) is 6.86. The highest BCUT2D eigenvalue weighted by Gasteiger charge is 2.06. The summed E-state index contributed by atoms with van der Waals surface area (Å²) < 4.78 is 6.48. The van der Waals surface area contributed by atoms with Gasteiger partial charge in [0.15, 0.2) is 0 Å². The second-order valence-corrected chi connectivity index (χ2v) is 4.81. The molecule has 0 saturated carbocycles. The van der Waals surface area contributed by atoms with Gasteiger partial charge in [-0.15, -0.1) is 0 Å². The van der Waals surface area contributed by atoms with E-state index in [0.717, 1.165) is 11.3 Å². The van der Waals surface area contributed by atoms with Crippen LogP contribution in [0.15, 0.2) is 58.4 Å². The molecule has 0 atom stereocenters. The molecule has 1 heterocycles. The van der Waals surface area contributed by atoms with Gasteiger partial charge in [0.2, 0.25) is 0 Å². The molecule has 0 bridgehead atoms. The topological polar surface area (TPSA) is 56.5 Å². The Balaban J connectivity index is 2.06. The lowest BCUT2D eigenvalue weighted by Gasteiger charge is -2.05. The summed E-state index contributed by atoms with van der Waals surface area (Å²) in [6, 6.07) is 14.7. The van der Waals surface area contributed by atoms with Crippen molar-refractivity contribution in [2.24, 2.45) is 5.10 Å². The minimum Gasteiger partial charge on any atom is -0.497 e. The van der Waals surface area contributed by atoms with Crippen molar-refractivity contribution in [1.29, 1.82) is 0 Å². The highest BCUT2D eigenvalue weighted by atomic mass is 16.5. The van der Waals surface area contributed by atoms with Crippen LogP contribution < -0.4 is 10.3 Å². The summed E-state index contributed by atoms with van der Waals surface area (Å²) in [7, 11) is 1.61. The summed E-state index contributed by atoms with van der Waals surface area (Å²) in [6.07, 6.45) is 1.62. The molecule has 0 amide bonds. The van der Waals surface area contributed by atoms with Gasteiger partial charge in [0.05, 0.1) is 24.2 Å². The minimum absolute atomic E-state index is 0.178.